The van der Waals surface area contributed by atoms with Gasteiger partial charge in [0.15, 0.2) is 11.6 Å². The molecule has 0 unspecified atom stereocenters. The standard InChI is InChI=1S/C23H30F2N4O4/c1-4-22(2,3)14-7-9-23(10-8-14)20(32)29(21(33)28-23)13-19(31)26-12-18(30)27-15-5-6-16(24)17(25)11-15/h5-6,11,14H,4,7-10,12-13H2,1-3H3,(H,26,31)(H,27,30)(H,28,33). The number of hydrogen-bond donors (Lipinski definition) is 3. The summed E-state index contributed by atoms with van der Waals surface area (Å²) in [7, 11) is 0. The molecule has 1 saturated carbocycles. The third-order valence-corrected chi connectivity index (χ3v) is 7.05. The van der Waals surface area contributed by atoms with Gasteiger partial charge < -0.3 is 16.0 Å². The van der Waals surface area contributed by atoms with Gasteiger partial charge in [0.05, 0.1) is 6.54 Å². The largest absolute Gasteiger partial charge is 0.345 e. The van der Waals surface area contributed by atoms with Crippen molar-refractivity contribution in [1.29, 1.82) is 0 Å². The number of nitrogens with zero attached hydrogens (tertiary/aromatic N) is 1. The number of carbonyl (C=O) groups is 4. The third-order valence-electron chi connectivity index (χ3n) is 7.05. The Kier molecular flexibility index (Phi) is 7.04. The summed E-state index contributed by atoms with van der Waals surface area (Å²) in [6, 6.07) is 2.25. The minimum absolute atomic E-state index is 0.0334. The number of imide groups is 1. The molecular formula is C23H30F2N4O4. The lowest BCUT2D eigenvalue weighted by atomic mass is 9.65. The number of hydrogen-bond acceptors (Lipinski definition) is 4. The van der Waals surface area contributed by atoms with Crippen LogP contribution >= 0.6 is 0 Å². The first-order chi connectivity index (χ1) is 15.5. The Balaban J connectivity index is 1.51. The minimum Gasteiger partial charge on any atom is -0.345 e. The van der Waals surface area contributed by atoms with E-state index in [0.717, 1.165) is 36.3 Å². The van der Waals surface area contributed by atoms with Gasteiger partial charge in [-0.1, -0.05) is 27.2 Å². The molecule has 1 aliphatic heterocycles. The van der Waals surface area contributed by atoms with Gasteiger partial charge in [-0.05, 0) is 49.1 Å². The predicted molar refractivity (Wildman–Crippen MR) is 117 cm³/mol. The Bertz CT molecular complexity index is 958. The van der Waals surface area contributed by atoms with Gasteiger partial charge in [-0.25, -0.2) is 13.6 Å². The summed E-state index contributed by atoms with van der Waals surface area (Å²) >= 11 is 0. The zero-order valence-electron chi connectivity index (χ0n) is 19.1. The van der Waals surface area contributed by atoms with Crippen LogP contribution in [0.25, 0.3) is 0 Å². The fourth-order valence-electron chi connectivity index (χ4n) is 4.50. The molecule has 0 bridgehead atoms. The molecule has 5 amide bonds. The molecule has 2 aliphatic rings. The maximum Gasteiger partial charge on any atom is 0.325 e. The smallest absolute Gasteiger partial charge is 0.325 e. The lowest BCUT2D eigenvalue weighted by molar-refractivity contribution is -0.136. The van der Waals surface area contributed by atoms with Gasteiger partial charge in [-0.3, -0.25) is 19.3 Å². The summed E-state index contributed by atoms with van der Waals surface area (Å²) in [5, 5.41) is 7.44. The van der Waals surface area contributed by atoms with Crippen LogP contribution in [0.1, 0.15) is 52.9 Å². The monoisotopic (exact) mass is 464 g/mol. The van der Waals surface area contributed by atoms with Crippen molar-refractivity contribution < 1.29 is 28.0 Å². The van der Waals surface area contributed by atoms with E-state index in [2.05, 4.69) is 36.7 Å². The normalized spacial score (nSPS) is 22.9. The van der Waals surface area contributed by atoms with Gasteiger partial charge >= 0.3 is 6.03 Å². The average molecular weight is 465 g/mol. The van der Waals surface area contributed by atoms with Gasteiger partial charge in [0.1, 0.15) is 12.1 Å². The molecule has 1 aromatic carbocycles. The Morgan fingerprint density at radius 1 is 1.15 bits per heavy atom. The highest BCUT2D eigenvalue weighted by atomic mass is 19.2. The summed E-state index contributed by atoms with van der Waals surface area (Å²) in [6.07, 6.45) is 3.72. The van der Waals surface area contributed by atoms with Crippen molar-refractivity contribution in [2.24, 2.45) is 11.3 Å². The van der Waals surface area contributed by atoms with Crippen LogP contribution in [0, 0.1) is 23.0 Å². The Hall–Kier alpha value is -3.04. The highest BCUT2D eigenvalue weighted by Gasteiger charge is 2.53. The molecule has 33 heavy (non-hydrogen) atoms. The van der Waals surface area contributed by atoms with Crippen molar-refractivity contribution in [1.82, 2.24) is 15.5 Å². The van der Waals surface area contributed by atoms with Crippen molar-refractivity contribution in [3.63, 3.8) is 0 Å². The quantitative estimate of drug-likeness (QED) is 0.539. The molecule has 1 spiro atoms. The molecule has 3 N–H and O–H groups in total. The van der Waals surface area contributed by atoms with Crippen LogP contribution in [-0.2, 0) is 14.4 Å². The van der Waals surface area contributed by atoms with E-state index in [1.54, 1.807) is 0 Å². The molecule has 180 valence electrons. The number of benzene rings is 1. The van der Waals surface area contributed by atoms with Gasteiger partial charge in [-0.2, -0.15) is 0 Å². The lowest BCUT2D eigenvalue weighted by Gasteiger charge is -2.42. The van der Waals surface area contributed by atoms with Crippen LogP contribution in [0.4, 0.5) is 19.3 Å². The van der Waals surface area contributed by atoms with Crippen LogP contribution in [0.2, 0.25) is 0 Å². The Morgan fingerprint density at radius 2 is 1.82 bits per heavy atom. The van der Waals surface area contributed by atoms with Crippen LogP contribution in [0.5, 0.6) is 0 Å². The second-order valence-corrected chi connectivity index (χ2v) is 9.47. The number of halogens is 2. The van der Waals surface area contributed by atoms with E-state index in [1.165, 1.54) is 6.07 Å². The van der Waals surface area contributed by atoms with E-state index in [0.29, 0.717) is 18.8 Å². The molecule has 10 heteroatoms. The number of urea groups is 1. The second-order valence-electron chi connectivity index (χ2n) is 9.47. The first kappa shape index (κ1) is 24.6. The summed E-state index contributed by atoms with van der Waals surface area (Å²) in [4.78, 5) is 50.5. The van der Waals surface area contributed by atoms with Gasteiger partial charge in [-0.15, -0.1) is 0 Å². The first-order valence-corrected chi connectivity index (χ1v) is 11.1. The first-order valence-electron chi connectivity index (χ1n) is 11.1. The van der Waals surface area contributed by atoms with Gasteiger partial charge in [0.25, 0.3) is 5.91 Å². The number of nitrogens with one attached hydrogen (secondary N) is 3. The molecule has 1 heterocycles. The van der Waals surface area contributed by atoms with Crippen molar-refractivity contribution in [3.8, 4) is 0 Å². The van der Waals surface area contributed by atoms with E-state index in [-0.39, 0.29) is 11.1 Å². The maximum atomic E-state index is 13.2. The molecule has 1 saturated heterocycles. The van der Waals surface area contributed by atoms with E-state index in [4.69, 9.17) is 0 Å². The van der Waals surface area contributed by atoms with E-state index < -0.39 is 54.0 Å². The van der Waals surface area contributed by atoms with Crippen molar-refractivity contribution in [2.45, 2.75) is 58.4 Å². The highest BCUT2D eigenvalue weighted by Crippen LogP contribution is 2.45. The summed E-state index contributed by atoms with van der Waals surface area (Å²) in [6.45, 7) is 5.61. The Morgan fingerprint density at radius 3 is 2.42 bits per heavy atom. The fraction of sp³-hybridized carbons (Fsp3) is 0.565. The molecule has 3 rings (SSSR count). The zero-order chi connectivity index (χ0) is 24.4. The van der Waals surface area contributed by atoms with E-state index in [1.807, 2.05) is 0 Å². The summed E-state index contributed by atoms with van der Waals surface area (Å²) in [5.74, 6) is -3.46. The van der Waals surface area contributed by atoms with Crippen LogP contribution < -0.4 is 16.0 Å². The molecule has 0 atom stereocenters. The van der Waals surface area contributed by atoms with Crippen molar-refractivity contribution in [2.75, 3.05) is 18.4 Å². The molecular weight excluding hydrogens is 434 g/mol. The van der Waals surface area contributed by atoms with Crippen molar-refractivity contribution in [3.05, 3.63) is 29.8 Å². The maximum absolute atomic E-state index is 13.2. The predicted octanol–water partition coefficient (Wildman–Crippen LogP) is 2.94. The molecule has 0 aromatic heterocycles. The minimum atomic E-state index is -1.11. The molecule has 1 aromatic rings. The van der Waals surface area contributed by atoms with E-state index >= 15 is 0 Å². The highest BCUT2D eigenvalue weighted by molar-refractivity contribution is 6.09. The van der Waals surface area contributed by atoms with Crippen LogP contribution in [0.3, 0.4) is 0 Å². The van der Waals surface area contributed by atoms with Crippen LogP contribution in [-0.4, -0.2) is 47.3 Å². The molecule has 0 radical (unpaired) electrons. The second kappa shape index (κ2) is 9.44. The van der Waals surface area contributed by atoms with E-state index in [9.17, 15) is 28.0 Å². The average Bonchev–Trinajstić information content (AvgIpc) is 2.99. The van der Waals surface area contributed by atoms with Gasteiger partial charge in [0.2, 0.25) is 11.8 Å². The van der Waals surface area contributed by atoms with Crippen molar-refractivity contribution >= 4 is 29.4 Å². The SMILES string of the molecule is CCC(C)(C)C1CCC2(CC1)NC(=O)N(CC(=O)NCC(=O)Nc1ccc(F)c(F)c1)C2=O. The number of anilines is 1. The number of rotatable bonds is 7. The third kappa shape index (κ3) is 5.31. The lowest BCUT2D eigenvalue weighted by Crippen LogP contribution is -2.51. The fourth-order valence-corrected chi connectivity index (χ4v) is 4.50. The molecule has 8 nitrogen and oxygen atoms in total. The Labute approximate surface area is 191 Å². The number of amides is 5. The van der Waals surface area contributed by atoms with Gasteiger partial charge in [0, 0.05) is 11.8 Å². The summed E-state index contributed by atoms with van der Waals surface area (Å²) in [5.41, 5.74) is -0.777. The van der Waals surface area contributed by atoms with Crippen LogP contribution in [0.15, 0.2) is 18.2 Å². The number of carbonyl (C=O) groups excluding carboxylic acids is 4. The molecule has 2 fully saturated rings. The topological polar surface area (TPSA) is 108 Å². The summed E-state index contributed by atoms with van der Waals surface area (Å²) < 4.78 is 26.2. The molecule has 1 aliphatic carbocycles. The zero-order valence-corrected chi connectivity index (χ0v) is 19.1.